The van der Waals surface area contributed by atoms with Gasteiger partial charge in [-0.2, -0.15) is 0 Å². The highest BCUT2D eigenvalue weighted by Gasteiger charge is 2.16. The minimum Gasteiger partial charge on any atom is -0.313 e. The first-order valence-corrected chi connectivity index (χ1v) is 7.21. The molecule has 0 aromatic heterocycles. The Morgan fingerprint density at radius 1 is 1.12 bits per heavy atom. The first kappa shape index (κ1) is 14.0. The van der Waals surface area contributed by atoms with Gasteiger partial charge in [-0.15, -0.1) is 0 Å². The molecule has 2 unspecified atom stereocenters. The Balaban J connectivity index is 2.10. The number of hydrogen-bond acceptors (Lipinski definition) is 2. The average molecular weight is 226 g/mol. The first-order valence-electron chi connectivity index (χ1n) is 7.21. The molecule has 1 aliphatic heterocycles. The van der Waals surface area contributed by atoms with Gasteiger partial charge >= 0.3 is 0 Å². The van der Waals surface area contributed by atoms with Crippen LogP contribution in [0.15, 0.2) is 0 Å². The number of nitrogens with zero attached hydrogens (tertiary/aromatic N) is 1. The van der Waals surface area contributed by atoms with E-state index in [-0.39, 0.29) is 0 Å². The van der Waals surface area contributed by atoms with Crippen molar-refractivity contribution in [3.05, 3.63) is 0 Å². The summed E-state index contributed by atoms with van der Waals surface area (Å²) in [5.41, 5.74) is 0. The summed E-state index contributed by atoms with van der Waals surface area (Å²) in [5.74, 6) is 0. The van der Waals surface area contributed by atoms with Gasteiger partial charge < -0.3 is 5.32 Å². The lowest BCUT2D eigenvalue weighted by atomic mass is 10.1. The molecule has 0 aliphatic carbocycles. The third-order valence-corrected chi connectivity index (χ3v) is 3.77. The molecule has 16 heavy (non-hydrogen) atoms. The Morgan fingerprint density at radius 2 is 1.81 bits per heavy atom. The van der Waals surface area contributed by atoms with Crippen molar-refractivity contribution in [2.45, 2.75) is 71.4 Å². The molecule has 0 bridgehead atoms. The van der Waals surface area contributed by atoms with Crippen LogP contribution < -0.4 is 5.32 Å². The molecular weight excluding hydrogens is 196 g/mol. The minimum atomic E-state index is 0.687. The highest BCUT2D eigenvalue weighted by atomic mass is 15.2. The van der Waals surface area contributed by atoms with E-state index in [1.165, 1.54) is 51.6 Å². The van der Waals surface area contributed by atoms with Crippen LogP contribution in [-0.2, 0) is 0 Å². The Kier molecular flexibility index (Phi) is 7.06. The maximum atomic E-state index is 3.67. The SMILES string of the molecule is CCCCC(C)NCC(C)N1CCCCC1. The molecule has 2 heteroatoms. The van der Waals surface area contributed by atoms with Crippen molar-refractivity contribution in [1.29, 1.82) is 0 Å². The quantitative estimate of drug-likeness (QED) is 0.718. The van der Waals surface area contributed by atoms with Crippen LogP contribution in [0.3, 0.4) is 0 Å². The fourth-order valence-electron chi connectivity index (χ4n) is 2.47. The summed E-state index contributed by atoms with van der Waals surface area (Å²) in [6.07, 6.45) is 8.22. The van der Waals surface area contributed by atoms with E-state index in [9.17, 15) is 0 Å². The van der Waals surface area contributed by atoms with Crippen molar-refractivity contribution in [3.63, 3.8) is 0 Å². The Bertz CT molecular complexity index is 164. The number of unbranched alkanes of at least 4 members (excludes halogenated alkanes) is 1. The van der Waals surface area contributed by atoms with Crippen molar-refractivity contribution < 1.29 is 0 Å². The van der Waals surface area contributed by atoms with Crippen LogP contribution in [0.4, 0.5) is 0 Å². The Labute approximate surface area is 102 Å². The topological polar surface area (TPSA) is 15.3 Å². The maximum Gasteiger partial charge on any atom is 0.0192 e. The summed E-state index contributed by atoms with van der Waals surface area (Å²) in [6, 6.07) is 1.40. The molecule has 2 atom stereocenters. The van der Waals surface area contributed by atoms with Gasteiger partial charge in [0.2, 0.25) is 0 Å². The lowest BCUT2D eigenvalue weighted by Gasteiger charge is -2.33. The molecule has 0 aromatic carbocycles. The van der Waals surface area contributed by atoms with Gasteiger partial charge in [0.1, 0.15) is 0 Å². The van der Waals surface area contributed by atoms with Crippen LogP contribution in [0.1, 0.15) is 59.3 Å². The van der Waals surface area contributed by atoms with E-state index < -0.39 is 0 Å². The third-order valence-electron chi connectivity index (χ3n) is 3.77. The monoisotopic (exact) mass is 226 g/mol. The summed E-state index contributed by atoms with van der Waals surface area (Å²) in [6.45, 7) is 10.7. The average Bonchev–Trinajstić information content (AvgIpc) is 2.34. The van der Waals surface area contributed by atoms with Crippen LogP contribution in [0.25, 0.3) is 0 Å². The molecule has 1 N–H and O–H groups in total. The predicted octanol–water partition coefficient (Wildman–Crippen LogP) is 3.03. The molecule has 1 aliphatic rings. The maximum absolute atomic E-state index is 3.67. The van der Waals surface area contributed by atoms with Crippen LogP contribution in [-0.4, -0.2) is 36.6 Å². The first-order chi connectivity index (χ1) is 7.74. The number of nitrogens with one attached hydrogen (secondary N) is 1. The second-order valence-electron chi connectivity index (χ2n) is 5.40. The summed E-state index contributed by atoms with van der Waals surface area (Å²) in [5, 5.41) is 3.67. The Hall–Kier alpha value is -0.0800. The van der Waals surface area contributed by atoms with E-state index >= 15 is 0 Å². The van der Waals surface area contributed by atoms with Crippen molar-refractivity contribution in [2.24, 2.45) is 0 Å². The molecule has 0 saturated carbocycles. The smallest absolute Gasteiger partial charge is 0.0192 e. The molecule has 0 spiro atoms. The zero-order chi connectivity index (χ0) is 11.8. The van der Waals surface area contributed by atoms with Crippen LogP contribution in [0.5, 0.6) is 0 Å². The van der Waals surface area contributed by atoms with E-state index in [1.54, 1.807) is 0 Å². The molecule has 0 amide bonds. The van der Waals surface area contributed by atoms with Crippen LogP contribution in [0, 0.1) is 0 Å². The number of hydrogen-bond donors (Lipinski definition) is 1. The molecule has 1 rings (SSSR count). The van der Waals surface area contributed by atoms with Crippen LogP contribution >= 0.6 is 0 Å². The third kappa shape index (κ3) is 5.31. The summed E-state index contributed by atoms with van der Waals surface area (Å²) in [7, 11) is 0. The second-order valence-corrected chi connectivity index (χ2v) is 5.40. The molecular formula is C14H30N2. The van der Waals surface area contributed by atoms with Gasteiger partial charge in [0.15, 0.2) is 0 Å². The normalized spacial score (nSPS) is 21.9. The van der Waals surface area contributed by atoms with Gasteiger partial charge in [0, 0.05) is 18.6 Å². The lowest BCUT2D eigenvalue weighted by Crippen LogP contribution is -2.44. The van der Waals surface area contributed by atoms with E-state index in [0.29, 0.717) is 12.1 Å². The van der Waals surface area contributed by atoms with Gasteiger partial charge in [0.05, 0.1) is 0 Å². The van der Waals surface area contributed by atoms with E-state index in [4.69, 9.17) is 0 Å². The van der Waals surface area contributed by atoms with Crippen molar-refractivity contribution >= 4 is 0 Å². The van der Waals surface area contributed by atoms with Crippen molar-refractivity contribution in [2.75, 3.05) is 19.6 Å². The molecule has 0 aromatic rings. The van der Waals surface area contributed by atoms with Gasteiger partial charge in [0.25, 0.3) is 0 Å². The Morgan fingerprint density at radius 3 is 2.44 bits per heavy atom. The fourth-order valence-corrected chi connectivity index (χ4v) is 2.47. The molecule has 2 nitrogen and oxygen atoms in total. The second kappa shape index (κ2) is 8.08. The number of piperidine rings is 1. The van der Waals surface area contributed by atoms with E-state index in [2.05, 4.69) is 31.0 Å². The molecule has 1 heterocycles. The number of rotatable bonds is 7. The summed E-state index contributed by atoms with van der Waals surface area (Å²) >= 11 is 0. The van der Waals surface area contributed by atoms with Gasteiger partial charge in [-0.25, -0.2) is 0 Å². The van der Waals surface area contributed by atoms with E-state index in [0.717, 1.165) is 6.54 Å². The molecule has 0 radical (unpaired) electrons. The fraction of sp³-hybridized carbons (Fsp3) is 1.00. The van der Waals surface area contributed by atoms with Gasteiger partial charge in [-0.3, -0.25) is 4.90 Å². The zero-order valence-corrected chi connectivity index (χ0v) is 11.5. The highest BCUT2D eigenvalue weighted by molar-refractivity contribution is 4.74. The molecule has 96 valence electrons. The highest BCUT2D eigenvalue weighted by Crippen LogP contribution is 2.11. The summed E-state index contributed by atoms with van der Waals surface area (Å²) < 4.78 is 0. The van der Waals surface area contributed by atoms with E-state index in [1.807, 2.05) is 0 Å². The van der Waals surface area contributed by atoms with Crippen LogP contribution in [0.2, 0.25) is 0 Å². The minimum absolute atomic E-state index is 0.687. The lowest BCUT2D eigenvalue weighted by molar-refractivity contribution is 0.168. The summed E-state index contributed by atoms with van der Waals surface area (Å²) in [4.78, 5) is 2.64. The van der Waals surface area contributed by atoms with Gasteiger partial charge in [-0.05, 0) is 46.2 Å². The standard InChI is InChI=1S/C14H30N2/c1-4-5-9-13(2)15-12-14(3)16-10-7-6-8-11-16/h13-15H,4-12H2,1-3H3. The van der Waals surface area contributed by atoms with Crippen molar-refractivity contribution in [3.8, 4) is 0 Å². The largest absolute Gasteiger partial charge is 0.313 e. The number of likely N-dealkylation sites (tertiary alicyclic amines) is 1. The molecule has 1 fully saturated rings. The molecule has 1 saturated heterocycles. The van der Waals surface area contributed by atoms with Crippen molar-refractivity contribution in [1.82, 2.24) is 10.2 Å². The zero-order valence-electron chi connectivity index (χ0n) is 11.5. The van der Waals surface area contributed by atoms with Gasteiger partial charge in [-0.1, -0.05) is 26.2 Å². The predicted molar refractivity (Wildman–Crippen MR) is 71.9 cm³/mol.